The molecule has 6 nitrogen and oxygen atoms in total. The molecule has 0 aliphatic carbocycles. The highest BCUT2D eigenvalue weighted by atomic mass is 32.2. The van der Waals surface area contributed by atoms with E-state index in [0.717, 1.165) is 11.8 Å². The topological polar surface area (TPSA) is 101 Å². The fraction of sp³-hybridized carbons (Fsp3) is 0.462. The van der Waals surface area contributed by atoms with Crippen LogP contribution in [0.25, 0.3) is 0 Å². The van der Waals surface area contributed by atoms with Crippen molar-refractivity contribution in [2.24, 2.45) is 5.73 Å². The molecule has 1 unspecified atom stereocenters. The molecule has 20 heavy (non-hydrogen) atoms. The number of hydrogen-bond acceptors (Lipinski definition) is 4. The van der Waals surface area contributed by atoms with E-state index in [1.54, 1.807) is 0 Å². The number of nitrogens with one attached hydrogen (secondary N) is 2. The van der Waals surface area contributed by atoms with Crippen molar-refractivity contribution >= 4 is 15.9 Å². The number of carbonyl (C=O) groups is 1. The maximum absolute atomic E-state index is 11.6. The minimum Gasteiger partial charge on any atom is -0.355 e. The highest BCUT2D eigenvalue weighted by molar-refractivity contribution is 7.88. The lowest BCUT2D eigenvalue weighted by molar-refractivity contribution is -0.121. The highest BCUT2D eigenvalue weighted by Gasteiger charge is 2.08. The molecular formula is C13H21N3O3S. The van der Waals surface area contributed by atoms with Crippen molar-refractivity contribution in [2.45, 2.75) is 18.9 Å². The van der Waals surface area contributed by atoms with E-state index >= 15 is 0 Å². The van der Waals surface area contributed by atoms with E-state index < -0.39 is 10.0 Å². The molecule has 4 N–H and O–H groups in total. The first-order valence-corrected chi connectivity index (χ1v) is 8.29. The lowest BCUT2D eigenvalue weighted by atomic mass is 10.0. The Kier molecular flexibility index (Phi) is 6.63. The van der Waals surface area contributed by atoms with Gasteiger partial charge in [0.15, 0.2) is 0 Å². The lowest BCUT2D eigenvalue weighted by Gasteiger charge is -2.11. The summed E-state index contributed by atoms with van der Waals surface area (Å²) in [5, 5.41) is 2.64. The SMILES string of the molecule is CS(=O)(=O)NCCNC(=O)CCC(N)c1ccccc1. The van der Waals surface area contributed by atoms with Crippen molar-refractivity contribution in [3.8, 4) is 0 Å². The van der Waals surface area contributed by atoms with Gasteiger partial charge in [0.2, 0.25) is 15.9 Å². The van der Waals surface area contributed by atoms with Gasteiger partial charge in [-0.15, -0.1) is 0 Å². The van der Waals surface area contributed by atoms with E-state index in [1.165, 1.54) is 0 Å². The predicted molar refractivity (Wildman–Crippen MR) is 78.5 cm³/mol. The largest absolute Gasteiger partial charge is 0.355 e. The van der Waals surface area contributed by atoms with Crippen molar-refractivity contribution in [3.63, 3.8) is 0 Å². The molecule has 0 spiro atoms. The average molecular weight is 299 g/mol. The summed E-state index contributed by atoms with van der Waals surface area (Å²) in [4.78, 5) is 11.6. The number of hydrogen-bond donors (Lipinski definition) is 3. The number of benzene rings is 1. The van der Waals surface area contributed by atoms with Crippen LogP contribution in [0.5, 0.6) is 0 Å². The Morgan fingerprint density at radius 1 is 1.25 bits per heavy atom. The van der Waals surface area contributed by atoms with E-state index in [9.17, 15) is 13.2 Å². The normalized spacial score (nSPS) is 12.9. The van der Waals surface area contributed by atoms with E-state index in [2.05, 4.69) is 10.0 Å². The third-order valence-electron chi connectivity index (χ3n) is 2.72. The Morgan fingerprint density at radius 2 is 1.90 bits per heavy atom. The zero-order valence-corrected chi connectivity index (χ0v) is 12.3. The molecule has 7 heteroatoms. The summed E-state index contributed by atoms with van der Waals surface area (Å²) in [5.41, 5.74) is 6.98. The molecule has 0 radical (unpaired) electrons. The van der Waals surface area contributed by atoms with Crippen molar-refractivity contribution < 1.29 is 13.2 Å². The molecule has 0 bridgehead atoms. The van der Waals surface area contributed by atoms with Gasteiger partial charge < -0.3 is 11.1 Å². The second-order valence-electron chi connectivity index (χ2n) is 4.57. The van der Waals surface area contributed by atoms with Crippen LogP contribution in [0.15, 0.2) is 30.3 Å². The van der Waals surface area contributed by atoms with Crippen LogP contribution in [-0.4, -0.2) is 33.7 Å². The van der Waals surface area contributed by atoms with Crippen molar-refractivity contribution in [1.82, 2.24) is 10.0 Å². The van der Waals surface area contributed by atoms with Crippen LogP contribution < -0.4 is 15.8 Å². The molecule has 0 saturated carbocycles. The molecule has 0 aromatic heterocycles. The number of nitrogens with two attached hydrogens (primary N) is 1. The Balaban J connectivity index is 2.20. The molecule has 1 amide bonds. The van der Waals surface area contributed by atoms with Gasteiger partial charge in [-0.25, -0.2) is 13.1 Å². The number of amides is 1. The average Bonchev–Trinajstić information content (AvgIpc) is 2.41. The molecule has 0 fully saturated rings. The first-order valence-electron chi connectivity index (χ1n) is 6.40. The fourth-order valence-corrected chi connectivity index (χ4v) is 2.15. The van der Waals surface area contributed by atoms with E-state index in [-0.39, 0.29) is 25.0 Å². The number of sulfonamides is 1. The van der Waals surface area contributed by atoms with Crippen LogP contribution >= 0.6 is 0 Å². The Hall–Kier alpha value is -1.44. The van der Waals surface area contributed by atoms with Crippen LogP contribution in [0.1, 0.15) is 24.4 Å². The molecule has 1 rings (SSSR count). The van der Waals surface area contributed by atoms with E-state index in [0.29, 0.717) is 12.8 Å². The first-order chi connectivity index (χ1) is 9.38. The van der Waals surface area contributed by atoms with Gasteiger partial charge in [-0.05, 0) is 12.0 Å². The van der Waals surface area contributed by atoms with Gasteiger partial charge in [-0.1, -0.05) is 30.3 Å². The summed E-state index contributed by atoms with van der Waals surface area (Å²) in [6.07, 6.45) is 1.94. The third kappa shape index (κ3) is 7.22. The fourth-order valence-electron chi connectivity index (χ4n) is 1.68. The van der Waals surface area contributed by atoms with Gasteiger partial charge in [-0.2, -0.15) is 0 Å². The van der Waals surface area contributed by atoms with Crippen molar-refractivity contribution in [2.75, 3.05) is 19.3 Å². The van der Waals surface area contributed by atoms with E-state index in [4.69, 9.17) is 5.73 Å². The molecule has 0 aliphatic rings. The second-order valence-corrected chi connectivity index (χ2v) is 6.41. The van der Waals surface area contributed by atoms with Gasteiger partial charge >= 0.3 is 0 Å². The molecule has 1 atom stereocenters. The molecule has 0 aliphatic heterocycles. The van der Waals surface area contributed by atoms with Crippen LogP contribution in [0.3, 0.4) is 0 Å². The third-order valence-corrected chi connectivity index (χ3v) is 3.45. The summed E-state index contributed by atoms with van der Waals surface area (Å²) in [5.74, 6) is -0.133. The molecule has 112 valence electrons. The minimum atomic E-state index is -3.21. The molecule has 0 heterocycles. The molecule has 1 aromatic rings. The molecular weight excluding hydrogens is 278 g/mol. The summed E-state index contributed by atoms with van der Waals surface area (Å²) in [7, 11) is -3.21. The highest BCUT2D eigenvalue weighted by Crippen LogP contribution is 2.14. The van der Waals surface area contributed by atoms with Crippen molar-refractivity contribution in [3.05, 3.63) is 35.9 Å². The Morgan fingerprint density at radius 3 is 2.50 bits per heavy atom. The zero-order chi connectivity index (χ0) is 15.0. The van der Waals surface area contributed by atoms with Gasteiger partial charge in [-0.3, -0.25) is 4.79 Å². The zero-order valence-electron chi connectivity index (χ0n) is 11.5. The van der Waals surface area contributed by atoms with Crippen molar-refractivity contribution in [1.29, 1.82) is 0 Å². The standard InChI is InChI=1S/C13H21N3O3S/c1-20(18,19)16-10-9-15-13(17)8-7-12(14)11-5-3-2-4-6-11/h2-6,12,16H,7-10,14H2,1H3,(H,15,17). The van der Waals surface area contributed by atoms with Crippen LogP contribution in [0, 0.1) is 0 Å². The second kappa shape index (κ2) is 7.98. The number of carbonyl (C=O) groups excluding carboxylic acids is 1. The van der Waals surface area contributed by atoms with Crippen LogP contribution in [0.2, 0.25) is 0 Å². The number of rotatable bonds is 8. The van der Waals surface area contributed by atoms with Gasteiger partial charge in [0.05, 0.1) is 6.26 Å². The minimum absolute atomic E-state index is 0.133. The van der Waals surface area contributed by atoms with Gasteiger partial charge in [0.25, 0.3) is 0 Å². The molecule has 0 saturated heterocycles. The Labute approximate surface area is 119 Å². The maximum Gasteiger partial charge on any atom is 0.220 e. The first kappa shape index (κ1) is 16.6. The van der Waals surface area contributed by atoms with E-state index in [1.807, 2.05) is 30.3 Å². The monoisotopic (exact) mass is 299 g/mol. The predicted octanol–water partition coefficient (Wildman–Crippen LogP) is 0.132. The summed E-state index contributed by atoms with van der Waals surface area (Å²) >= 11 is 0. The summed E-state index contributed by atoms with van der Waals surface area (Å²) in [6, 6.07) is 9.42. The smallest absolute Gasteiger partial charge is 0.220 e. The molecule has 1 aromatic carbocycles. The Bertz CT molecular complexity index is 517. The summed E-state index contributed by atoms with van der Waals surface area (Å²) in [6.45, 7) is 0.460. The lowest BCUT2D eigenvalue weighted by Crippen LogP contribution is -2.34. The maximum atomic E-state index is 11.6. The quantitative estimate of drug-likeness (QED) is 0.594. The van der Waals surface area contributed by atoms with Gasteiger partial charge in [0, 0.05) is 25.6 Å². The van der Waals surface area contributed by atoms with Crippen LogP contribution in [0.4, 0.5) is 0 Å². The van der Waals surface area contributed by atoms with Crippen LogP contribution in [-0.2, 0) is 14.8 Å². The van der Waals surface area contributed by atoms with Gasteiger partial charge in [0.1, 0.15) is 0 Å². The summed E-state index contributed by atoms with van der Waals surface area (Å²) < 4.78 is 23.9.